The van der Waals surface area contributed by atoms with Crippen LogP contribution in [-0.2, 0) is 12.8 Å². The normalized spacial score (nSPS) is 10.9. The SMILES string of the molecule is CCc1ccccc1P(Cl)c1ccccc1CC. The van der Waals surface area contributed by atoms with Crippen LogP contribution in [0.1, 0.15) is 25.0 Å². The summed E-state index contributed by atoms with van der Waals surface area (Å²) in [5.41, 5.74) is 2.73. The van der Waals surface area contributed by atoms with Gasteiger partial charge in [0.05, 0.1) is 7.27 Å². The van der Waals surface area contributed by atoms with Gasteiger partial charge in [-0.25, -0.2) is 0 Å². The lowest BCUT2D eigenvalue weighted by atomic mass is 10.2. The zero-order chi connectivity index (χ0) is 13.0. The van der Waals surface area contributed by atoms with E-state index in [0.29, 0.717) is 0 Å². The molecule has 0 spiro atoms. The van der Waals surface area contributed by atoms with Gasteiger partial charge in [-0.2, -0.15) is 0 Å². The molecule has 2 aromatic carbocycles. The standard InChI is InChI=1S/C16H18ClP/c1-3-13-9-5-7-11-15(13)18(17)16-12-8-6-10-14(16)4-2/h5-12H,3-4H2,1-2H3. The summed E-state index contributed by atoms with van der Waals surface area (Å²) in [4.78, 5) is 0. The summed E-state index contributed by atoms with van der Waals surface area (Å²) in [6.45, 7) is 4.37. The summed E-state index contributed by atoms with van der Waals surface area (Å²) in [5.74, 6) is 0. The number of hydrogen-bond donors (Lipinski definition) is 0. The third-order valence-corrected chi connectivity index (χ3v) is 5.98. The molecule has 0 aliphatic rings. The molecule has 0 unspecified atom stereocenters. The van der Waals surface area contributed by atoms with Gasteiger partial charge in [0.2, 0.25) is 0 Å². The maximum absolute atomic E-state index is 6.76. The van der Waals surface area contributed by atoms with Crippen molar-refractivity contribution < 1.29 is 0 Å². The monoisotopic (exact) mass is 276 g/mol. The van der Waals surface area contributed by atoms with E-state index in [2.05, 4.69) is 62.4 Å². The first kappa shape index (κ1) is 13.6. The predicted molar refractivity (Wildman–Crippen MR) is 83.7 cm³/mol. The Morgan fingerprint density at radius 3 is 1.56 bits per heavy atom. The van der Waals surface area contributed by atoms with Gasteiger partial charge < -0.3 is 0 Å². The van der Waals surface area contributed by atoms with Crippen molar-refractivity contribution >= 4 is 29.1 Å². The number of rotatable bonds is 4. The van der Waals surface area contributed by atoms with Gasteiger partial charge in [-0.3, -0.25) is 0 Å². The van der Waals surface area contributed by atoms with Gasteiger partial charge in [-0.15, -0.1) is 0 Å². The summed E-state index contributed by atoms with van der Waals surface area (Å²) in [6.07, 6.45) is 2.08. The second-order valence-electron chi connectivity index (χ2n) is 4.25. The molecule has 0 fully saturated rings. The molecule has 0 saturated heterocycles. The van der Waals surface area contributed by atoms with E-state index in [1.165, 1.54) is 21.7 Å². The second kappa shape index (κ2) is 6.36. The van der Waals surface area contributed by atoms with Crippen molar-refractivity contribution in [3.63, 3.8) is 0 Å². The van der Waals surface area contributed by atoms with Crippen molar-refractivity contribution in [3.8, 4) is 0 Å². The maximum atomic E-state index is 6.76. The Morgan fingerprint density at radius 1 is 0.778 bits per heavy atom. The van der Waals surface area contributed by atoms with E-state index in [-0.39, 0.29) is 0 Å². The summed E-state index contributed by atoms with van der Waals surface area (Å²) in [7, 11) is -0.752. The average Bonchev–Trinajstić information content (AvgIpc) is 2.46. The fourth-order valence-corrected chi connectivity index (χ4v) is 4.78. The van der Waals surface area contributed by atoms with Crippen LogP contribution in [0.4, 0.5) is 0 Å². The van der Waals surface area contributed by atoms with Crippen molar-refractivity contribution in [2.45, 2.75) is 26.7 Å². The summed E-state index contributed by atoms with van der Waals surface area (Å²) >= 11 is 6.76. The van der Waals surface area contributed by atoms with Crippen LogP contribution in [0.5, 0.6) is 0 Å². The molecule has 0 aliphatic heterocycles. The lowest BCUT2D eigenvalue weighted by molar-refractivity contribution is 1.15. The van der Waals surface area contributed by atoms with Crippen LogP contribution in [-0.4, -0.2) is 0 Å². The van der Waals surface area contributed by atoms with Crippen LogP contribution >= 0.6 is 18.5 Å². The first-order chi connectivity index (χ1) is 8.77. The number of benzene rings is 2. The number of hydrogen-bond acceptors (Lipinski definition) is 0. The lowest BCUT2D eigenvalue weighted by Crippen LogP contribution is -2.15. The Morgan fingerprint density at radius 2 is 1.17 bits per heavy atom. The van der Waals surface area contributed by atoms with Crippen molar-refractivity contribution in [1.82, 2.24) is 0 Å². The first-order valence-corrected chi connectivity index (χ1v) is 8.64. The Hall–Kier alpha value is -0.840. The third kappa shape index (κ3) is 2.76. The van der Waals surface area contributed by atoms with Crippen LogP contribution in [0, 0.1) is 0 Å². The fraction of sp³-hybridized carbons (Fsp3) is 0.250. The zero-order valence-electron chi connectivity index (χ0n) is 10.9. The average molecular weight is 277 g/mol. The molecule has 0 nitrogen and oxygen atoms in total. The Labute approximate surface area is 116 Å². The molecule has 2 heteroatoms. The lowest BCUT2D eigenvalue weighted by Gasteiger charge is -2.17. The molecule has 2 rings (SSSR count). The minimum absolute atomic E-state index is 0.752. The number of aryl methyl sites for hydroxylation is 2. The largest absolute Gasteiger partial charge is 0.0858 e. The van der Waals surface area contributed by atoms with Gasteiger partial charge >= 0.3 is 0 Å². The van der Waals surface area contributed by atoms with Crippen molar-refractivity contribution in [1.29, 1.82) is 0 Å². The van der Waals surface area contributed by atoms with Gasteiger partial charge in [0.15, 0.2) is 0 Å². The van der Waals surface area contributed by atoms with E-state index < -0.39 is 7.27 Å². The fourth-order valence-electron chi connectivity index (χ4n) is 2.13. The second-order valence-corrected chi connectivity index (χ2v) is 6.78. The Bertz CT molecular complexity index is 475. The molecule has 0 aliphatic carbocycles. The predicted octanol–water partition coefficient (Wildman–Crippen LogP) is 4.40. The van der Waals surface area contributed by atoms with Crippen molar-refractivity contribution in [2.75, 3.05) is 0 Å². The third-order valence-electron chi connectivity index (χ3n) is 3.17. The van der Waals surface area contributed by atoms with E-state index >= 15 is 0 Å². The highest BCUT2D eigenvalue weighted by Crippen LogP contribution is 2.41. The molecule has 94 valence electrons. The Balaban J connectivity index is 2.44. The van der Waals surface area contributed by atoms with Crippen LogP contribution in [0.3, 0.4) is 0 Å². The molecule has 0 bridgehead atoms. The minimum atomic E-state index is -0.752. The van der Waals surface area contributed by atoms with Gasteiger partial charge in [-0.1, -0.05) is 73.6 Å². The molecule has 0 amide bonds. The van der Waals surface area contributed by atoms with Crippen LogP contribution in [0.15, 0.2) is 48.5 Å². The smallest absolute Gasteiger partial charge is 0.0529 e. The highest BCUT2D eigenvalue weighted by atomic mass is 35.7. The van der Waals surface area contributed by atoms with Gasteiger partial charge in [0.25, 0.3) is 0 Å². The molecule has 0 aromatic heterocycles. The molecular formula is C16H18ClP. The van der Waals surface area contributed by atoms with Crippen molar-refractivity contribution in [3.05, 3.63) is 59.7 Å². The Kier molecular flexibility index (Phi) is 4.80. The van der Waals surface area contributed by atoms with E-state index in [1.807, 2.05) is 0 Å². The molecular weight excluding hydrogens is 259 g/mol. The summed E-state index contributed by atoms with van der Waals surface area (Å²) in [6, 6.07) is 17.1. The topological polar surface area (TPSA) is 0 Å². The van der Waals surface area contributed by atoms with Crippen LogP contribution in [0.2, 0.25) is 0 Å². The highest BCUT2D eigenvalue weighted by Gasteiger charge is 2.16. The molecule has 0 radical (unpaired) electrons. The van der Waals surface area contributed by atoms with E-state index in [4.69, 9.17) is 11.2 Å². The highest BCUT2D eigenvalue weighted by molar-refractivity contribution is 7.95. The van der Waals surface area contributed by atoms with Gasteiger partial charge in [-0.05, 0) is 34.6 Å². The molecule has 0 saturated carbocycles. The van der Waals surface area contributed by atoms with Gasteiger partial charge in [0, 0.05) is 0 Å². The molecule has 0 N–H and O–H groups in total. The maximum Gasteiger partial charge on any atom is 0.0529 e. The van der Waals surface area contributed by atoms with E-state index in [0.717, 1.165) is 12.8 Å². The van der Waals surface area contributed by atoms with E-state index in [1.54, 1.807) is 0 Å². The minimum Gasteiger partial charge on any atom is -0.0858 e. The molecule has 0 atom stereocenters. The summed E-state index contributed by atoms with van der Waals surface area (Å²) in [5, 5.41) is 2.61. The van der Waals surface area contributed by atoms with Crippen molar-refractivity contribution in [2.24, 2.45) is 0 Å². The molecule has 2 aromatic rings. The van der Waals surface area contributed by atoms with Crippen LogP contribution < -0.4 is 10.6 Å². The summed E-state index contributed by atoms with van der Waals surface area (Å²) < 4.78 is 0. The first-order valence-electron chi connectivity index (χ1n) is 6.39. The van der Waals surface area contributed by atoms with E-state index in [9.17, 15) is 0 Å². The molecule has 0 heterocycles. The molecule has 18 heavy (non-hydrogen) atoms. The van der Waals surface area contributed by atoms with Gasteiger partial charge in [0.1, 0.15) is 0 Å². The quantitative estimate of drug-likeness (QED) is 0.726. The number of halogens is 1. The zero-order valence-corrected chi connectivity index (χ0v) is 12.5. The van der Waals surface area contributed by atoms with Crippen LogP contribution in [0.25, 0.3) is 0 Å².